The Kier molecular flexibility index (Phi) is 5.93. The highest BCUT2D eigenvalue weighted by atomic mass is 32.1. The molecular weight excluding hydrogens is 225 g/mol. The Labute approximate surface area is 93.8 Å². The van der Waals surface area contributed by atoms with Crippen LogP contribution in [-0.2, 0) is 0 Å². The van der Waals surface area contributed by atoms with Gasteiger partial charge in [-0.1, -0.05) is 13.8 Å². The minimum absolute atomic E-state index is 0.104. The van der Waals surface area contributed by atoms with Crippen LogP contribution in [0.15, 0.2) is 0 Å². The maximum absolute atomic E-state index is 11.9. The molecule has 0 aromatic rings. The fourth-order valence-corrected chi connectivity index (χ4v) is 0.997. The lowest BCUT2D eigenvalue weighted by Crippen LogP contribution is -2.40. The third-order valence-electron chi connectivity index (χ3n) is 1.74. The van der Waals surface area contributed by atoms with Crippen LogP contribution in [0.1, 0.15) is 20.3 Å². The summed E-state index contributed by atoms with van der Waals surface area (Å²) in [5.74, 6) is 0.416. The van der Waals surface area contributed by atoms with Gasteiger partial charge in [-0.2, -0.15) is 13.2 Å². The molecule has 0 aromatic carbocycles. The van der Waals surface area contributed by atoms with E-state index in [1.807, 2.05) is 13.8 Å². The summed E-state index contributed by atoms with van der Waals surface area (Å²) in [6, 6.07) is 0. The zero-order valence-electron chi connectivity index (χ0n) is 9.19. The molecule has 0 bridgehead atoms. The first-order valence-electron chi connectivity index (χ1n) is 4.78. The molecule has 0 radical (unpaired) electrons. The Balaban J connectivity index is 3.79. The first-order valence-corrected chi connectivity index (χ1v) is 5.19. The molecule has 0 heterocycles. The van der Waals surface area contributed by atoms with E-state index in [1.165, 1.54) is 4.90 Å². The van der Waals surface area contributed by atoms with Crippen molar-refractivity contribution in [2.75, 3.05) is 20.1 Å². The van der Waals surface area contributed by atoms with Crippen LogP contribution in [0.25, 0.3) is 0 Å². The first-order chi connectivity index (χ1) is 6.72. The van der Waals surface area contributed by atoms with Crippen molar-refractivity contribution in [1.82, 2.24) is 10.2 Å². The molecule has 15 heavy (non-hydrogen) atoms. The van der Waals surface area contributed by atoms with E-state index in [2.05, 4.69) is 5.32 Å². The highest BCUT2D eigenvalue weighted by Crippen LogP contribution is 2.19. The maximum atomic E-state index is 11.9. The molecule has 0 unspecified atom stereocenters. The molecule has 6 heteroatoms. The van der Waals surface area contributed by atoms with Crippen LogP contribution >= 0.6 is 12.2 Å². The summed E-state index contributed by atoms with van der Waals surface area (Å²) in [7, 11) is 1.56. The molecule has 0 aromatic heterocycles. The summed E-state index contributed by atoms with van der Waals surface area (Å²) < 4.78 is 35.7. The van der Waals surface area contributed by atoms with Crippen LogP contribution in [0, 0.1) is 5.92 Å². The van der Waals surface area contributed by atoms with Gasteiger partial charge in [-0.15, -0.1) is 0 Å². The summed E-state index contributed by atoms with van der Waals surface area (Å²) in [5, 5.41) is 3.28. The first kappa shape index (κ1) is 14.5. The molecule has 0 aliphatic rings. The predicted molar refractivity (Wildman–Crippen MR) is 58.7 cm³/mol. The number of alkyl halides is 3. The lowest BCUT2D eigenvalue weighted by atomic mass is 10.2. The normalized spacial score (nSPS) is 11.7. The number of nitrogens with zero attached hydrogens (tertiary/aromatic N) is 1. The molecule has 0 fully saturated rings. The van der Waals surface area contributed by atoms with Gasteiger partial charge >= 0.3 is 6.18 Å². The van der Waals surface area contributed by atoms with Gasteiger partial charge in [-0.3, -0.25) is 0 Å². The predicted octanol–water partition coefficient (Wildman–Crippen LogP) is 2.40. The van der Waals surface area contributed by atoms with E-state index in [9.17, 15) is 13.2 Å². The van der Waals surface area contributed by atoms with Gasteiger partial charge in [0.05, 0.1) is 6.42 Å². The minimum Gasteiger partial charge on any atom is -0.362 e. The largest absolute Gasteiger partial charge is 0.390 e. The molecule has 0 amide bonds. The van der Waals surface area contributed by atoms with Gasteiger partial charge in [0.1, 0.15) is 0 Å². The van der Waals surface area contributed by atoms with Crippen molar-refractivity contribution in [3.05, 3.63) is 0 Å². The number of hydrogen-bond acceptors (Lipinski definition) is 1. The Bertz CT molecular complexity index is 204. The van der Waals surface area contributed by atoms with E-state index in [-0.39, 0.29) is 6.54 Å². The number of nitrogens with one attached hydrogen (secondary N) is 1. The minimum atomic E-state index is -4.12. The van der Waals surface area contributed by atoms with Crippen LogP contribution < -0.4 is 5.32 Å². The van der Waals surface area contributed by atoms with Crippen LogP contribution in [0.2, 0.25) is 0 Å². The molecule has 2 nitrogen and oxygen atoms in total. The maximum Gasteiger partial charge on any atom is 0.390 e. The lowest BCUT2D eigenvalue weighted by molar-refractivity contribution is -0.135. The number of hydrogen-bond donors (Lipinski definition) is 1. The quantitative estimate of drug-likeness (QED) is 0.762. The fourth-order valence-electron chi connectivity index (χ4n) is 0.822. The average molecular weight is 242 g/mol. The summed E-state index contributed by atoms with van der Waals surface area (Å²) >= 11 is 4.93. The number of rotatable bonds is 4. The molecule has 0 aliphatic heterocycles. The summed E-state index contributed by atoms with van der Waals surface area (Å²) in [5.41, 5.74) is 0. The van der Waals surface area contributed by atoms with Crippen LogP contribution in [0.4, 0.5) is 13.2 Å². The van der Waals surface area contributed by atoms with Crippen LogP contribution in [0.5, 0.6) is 0 Å². The molecule has 0 aliphatic carbocycles. The van der Waals surface area contributed by atoms with Crippen molar-refractivity contribution >= 4 is 17.3 Å². The van der Waals surface area contributed by atoms with E-state index in [1.54, 1.807) is 7.05 Å². The molecule has 0 atom stereocenters. The number of halogens is 3. The summed E-state index contributed by atoms with van der Waals surface area (Å²) in [6.45, 7) is 4.58. The van der Waals surface area contributed by atoms with Gasteiger partial charge in [0.2, 0.25) is 0 Å². The second kappa shape index (κ2) is 6.15. The highest BCUT2D eigenvalue weighted by molar-refractivity contribution is 7.80. The van der Waals surface area contributed by atoms with Crippen molar-refractivity contribution in [3.63, 3.8) is 0 Å². The zero-order valence-corrected chi connectivity index (χ0v) is 10.0. The SMILES string of the molecule is CC(C)CNC(=S)N(C)CCC(F)(F)F. The van der Waals surface area contributed by atoms with E-state index in [4.69, 9.17) is 12.2 Å². The molecule has 0 rings (SSSR count). The molecule has 0 saturated carbocycles. The molecular formula is C9H17F3N2S. The second-order valence-electron chi connectivity index (χ2n) is 3.87. The van der Waals surface area contributed by atoms with Crippen LogP contribution in [0.3, 0.4) is 0 Å². The molecule has 1 N–H and O–H groups in total. The highest BCUT2D eigenvalue weighted by Gasteiger charge is 2.27. The monoisotopic (exact) mass is 242 g/mol. The van der Waals surface area contributed by atoms with Crippen LogP contribution in [-0.4, -0.2) is 36.3 Å². The van der Waals surface area contributed by atoms with E-state index in [0.717, 1.165) is 0 Å². The zero-order chi connectivity index (χ0) is 12.1. The standard InChI is InChI=1S/C9H17F3N2S/c1-7(2)6-13-8(15)14(3)5-4-9(10,11)12/h7H,4-6H2,1-3H3,(H,13,15). The van der Waals surface area contributed by atoms with Gasteiger partial charge in [-0.05, 0) is 18.1 Å². The van der Waals surface area contributed by atoms with Crippen molar-refractivity contribution in [2.45, 2.75) is 26.4 Å². The topological polar surface area (TPSA) is 15.3 Å². The third-order valence-corrected chi connectivity index (χ3v) is 2.19. The van der Waals surface area contributed by atoms with Gasteiger partial charge < -0.3 is 10.2 Å². The van der Waals surface area contributed by atoms with Crippen molar-refractivity contribution in [3.8, 4) is 0 Å². The van der Waals surface area contributed by atoms with Crippen molar-refractivity contribution in [2.24, 2.45) is 5.92 Å². The second-order valence-corrected chi connectivity index (χ2v) is 4.25. The van der Waals surface area contributed by atoms with Gasteiger partial charge in [0.25, 0.3) is 0 Å². The lowest BCUT2D eigenvalue weighted by Gasteiger charge is -2.22. The Morgan fingerprint density at radius 1 is 1.40 bits per heavy atom. The van der Waals surface area contributed by atoms with Gasteiger partial charge in [0, 0.05) is 20.1 Å². The van der Waals surface area contributed by atoms with Crippen molar-refractivity contribution < 1.29 is 13.2 Å². The molecule has 90 valence electrons. The Morgan fingerprint density at radius 3 is 2.33 bits per heavy atom. The summed E-state index contributed by atoms with van der Waals surface area (Å²) in [6.07, 6.45) is -4.96. The fraction of sp³-hybridized carbons (Fsp3) is 0.889. The Morgan fingerprint density at radius 2 is 1.93 bits per heavy atom. The van der Waals surface area contributed by atoms with E-state index in [0.29, 0.717) is 17.6 Å². The molecule has 0 spiro atoms. The average Bonchev–Trinajstić information content (AvgIpc) is 2.08. The van der Waals surface area contributed by atoms with Gasteiger partial charge in [0.15, 0.2) is 5.11 Å². The van der Waals surface area contributed by atoms with Crippen molar-refractivity contribution in [1.29, 1.82) is 0 Å². The van der Waals surface area contributed by atoms with Gasteiger partial charge in [-0.25, -0.2) is 0 Å². The third kappa shape index (κ3) is 8.47. The molecule has 0 saturated heterocycles. The number of thiocarbonyl (C=S) groups is 1. The summed E-state index contributed by atoms with van der Waals surface area (Å²) in [4.78, 5) is 1.41. The van der Waals surface area contributed by atoms with E-state index >= 15 is 0 Å². The van der Waals surface area contributed by atoms with E-state index < -0.39 is 12.6 Å². The smallest absolute Gasteiger partial charge is 0.362 e. The Hall–Kier alpha value is -0.520.